The van der Waals surface area contributed by atoms with Crippen molar-refractivity contribution in [1.82, 2.24) is 9.78 Å². The molecule has 0 fully saturated rings. The Hall–Kier alpha value is -1.33. The molecule has 0 aromatic carbocycles. The predicted octanol–water partition coefficient (Wildman–Crippen LogP) is 1.12. The molecule has 0 aliphatic rings. The first-order valence-electron chi connectivity index (χ1n) is 5.67. The third-order valence-electron chi connectivity index (χ3n) is 2.46. The lowest BCUT2D eigenvalue weighted by molar-refractivity contribution is 0.206. The van der Waals surface area contributed by atoms with Crippen LogP contribution in [0.15, 0.2) is 29.2 Å². The summed E-state index contributed by atoms with van der Waals surface area (Å²) in [5.41, 5.74) is 0.658. The van der Waals surface area contributed by atoms with Crippen molar-refractivity contribution in [3.05, 3.63) is 34.8 Å². The lowest BCUT2D eigenvalue weighted by Gasteiger charge is -2.18. The molecule has 100 valence electrons. The molecule has 0 unspecified atom stereocenters. The van der Waals surface area contributed by atoms with Crippen LogP contribution in [0.25, 0.3) is 0 Å². The molecule has 18 heavy (non-hydrogen) atoms. The number of anilines is 1. The average Bonchev–Trinajstić information content (AvgIpc) is 2.38. The molecule has 0 saturated heterocycles. The Kier molecular flexibility index (Phi) is 6.46. The highest BCUT2D eigenvalue weighted by molar-refractivity contribution is 6.18. The topological polar surface area (TPSA) is 47.4 Å². The van der Waals surface area contributed by atoms with E-state index in [4.69, 9.17) is 16.3 Å². The number of likely N-dealkylation sites (N-methyl/N-ethyl adjacent to an activating group) is 1. The maximum Gasteiger partial charge on any atom is 0.269 e. The lowest BCUT2D eigenvalue weighted by atomic mass is 10.4. The van der Waals surface area contributed by atoms with Crippen LogP contribution in [0.3, 0.4) is 0 Å². The van der Waals surface area contributed by atoms with E-state index in [9.17, 15) is 4.79 Å². The molecule has 1 aromatic heterocycles. The summed E-state index contributed by atoms with van der Waals surface area (Å²) < 4.78 is 6.37. The van der Waals surface area contributed by atoms with Crippen LogP contribution < -0.4 is 10.5 Å². The third-order valence-corrected chi connectivity index (χ3v) is 2.64. The smallest absolute Gasteiger partial charge is 0.269 e. The second-order valence-electron chi connectivity index (χ2n) is 3.77. The van der Waals surface area contributed by atoms with Crippen molar-refractivity contribution >= 4 is 17.3 Å². The van der Waals surface area contributed by atoms with Crippen LogP contribution in [0.1, 0.15) is 0 Å². The number of halogens is 1. The number of nitrogens with zero attached hydrogens (tertiary/aromatic N) is 3. The molecule has 0 radical (unpaired) electrons. The minimum Gasteiger partial charge on any atom is -0.383 e. The fourth-order valence-corrected chi connectivity index (χ4v) is 1.49. The van der Waals surface area contributed by atoms with Gasteiger partial charge in [0.2, 0.25) is 0 Å². The summed E-state index contributed by atoms with van der Waals surface area (Å²) in [7, 11) is 3.54. The maximum absolute atomic E-state index is 11.8. The van der Waals surface area contributed by atoms with E-state index in [-0.39, 0.29) is 5.56 Å². The molecule has 6 heteroatoms. The Balaban J connectivity index is 2.72. The second-order valence-corrected chi connectivity index (χ2v) is 4.08. The highest BCUT2D eigenvalue weighted by atomic mass is 35.5. The quantitative estimate of drug-likeness (QED) is 0.551. The van der Waals surface area contributed by atoms with Gasteiger partial charge in [-0.15, -0.1) is 11.6 Å². The standard InChI is InChI=1S/C12H18ClN3O2/c1-15(7-8-18-2)11-9-12(17)16(14-10-11)6-4-3-5-13/h3-4,9-10H,5-8H2,1-2H3/b4-3+. The minimum absolute atomic E-state index is 0.129. The molecule has 1 aromatic rings. The second kappa shape index (κ2) is 7.89. The predicted molar refractivity (Wildman–Crippen MR) is 73.5 cm³/mol. The number of hydrogen-bond donors (Lipinski definition) is 0. The minimum atomic E-state index is -0.129. The fraction of sp³-hybridized carbons (Fsp3) is 0.500. The average molecular weight is 272 g/mol. The summed E-state index contributed by atoms with van der Waals surface area (Å²) in [6.45, 7) is 1.76. The first-order chi connectivity index (χ1) is 8.69. The van der Waals surface area contributed by atoms with Crippen molar-refractivity contribution < 1.29 is 4.74 Å². The van der Waals surface area contributed by atoms with Crippen LogP contribution in [0.4, 0.5) is 5.69 Å². The molecule has 0 atom stereocenters. The zero-order valence-electron chi connectivity index (χ0n) is 10.7. The number of methoxy groups -OCH3 is 1. The number of hydrogen-bond acceptors (Lipinski definition) is 4. The van der Waals surface area contributed by atoms with Crippen molar-refractivity contribution in [3.8, 4) is 0 Å². The number of rotatable bonds is 7. The molecule has 1 heterocycles. The molecule has 0 aliphatic heterocycles. The van der Waals surface area contributed by atoms with Crippen molar-refractivity contribution in [2.75, 3.05) is 38.1 Å². The van der Waals surface area contributed by atoms with Gasteiger partial charge in [-0.3, -0.25) is 4.79 Å². The number of aromatic nitrogens is 2. The van der Waals surface area contributed by atoms with Gasteiger partial charge >= 0.3 is 0 Å². The van der Waals surface area contributed by atoms with E-state index in [0.717, 1.165) is 5.69 Å². The summed E-state index contributed by atoms with van der Waals surface area (Å²) >= 11 is 5.51. The summed E-state index contributed by atoms with van der Waals surface area (Å²) in [5.74, 6) is 0.437. The van der Waals surface area contributed by atoms with Crippen molar-refractivity contribution in [2.24, 2.45) is 0 Å². The van der Waals surface area contributed by atoms with Crippen LogP contribution in [0.2, 0.25) is 0 Å². The van der Waals surface area contributed by atoms with E-state index >= 15 is 0 Å². The molecule has 0 saturated carbocycles. The fourth-order valence-electron chi connectivity index (χ4n) is 1.36. The largest absolute Gasteiger partial charge is 0.383 e. The maximum atomic E-state index is 11.8. The van der Waals surface area contributed by atoms with Gasteiger partial charge in [0.25, 0.3) is 5.56 Å². The van der Waals surface area contributed by atoms with E-state index in [0.29, 0.717) is 25.6 Å². The van der Waals surface area contributed by atoms with Crippen molar-refractivity contribution in [2.45, 2.75) is 6.54 Å². The molecular formula is C12H18ClN3O2. The molecule has 0 spiro atoms. The Bertz CT molecular complexity index is 445. The zero-order chi connectivity index (χ0) is 13.4. The number of alkyl halides is 1. The third kappa shape index (κ3) is 4.50. The SMILES string of the molecule is COCCN(C)c1cnn(C/C=C/CCl)c(=O)c1. The number of ether oxygens (including phenoxy) is 1. The van der Waals surface area contributed by atoms with E-state index in [1.165, 1.54) is 4.68 Å². The van der Waals surface area contributed by atoms with Gasteiger partial charge < -0.3 is 9.64 Å². The van der Waals surface area contributed by atoms with E-state index in [2.05, 4.69) is 5.10 Å². The van der Waals surface area contributed by atoms with E-state index in [1.54, 1.807) is 25.4 Å². The Labute approximate surface area is 112 Å². The monoisotopic (exact) mass is 271 g/mol. The molecular weight excluding hydrogens is 254 g/mol. The van der Waals surface area contributed by atoms with Crippen molar-refractivity contribution in [1.29, 1.82) is 0 Å². The zero-order valence-corrected chi connectivity index (χ0v) is 11.4. The van der Waals surface area contributed by atoms with Gasteiger partial charge in [-0.1, -0.05) is 12.2 Å². The Morgan fingerprint density at radius 2 is 2.33 bits per heavy atom. The Morgan fingerprint density at radius 1 is 1.56 bits per heavy atom. The normalized spacial score (nSPS) is 11.1. The van der Waals surface area contributed by atoms with E-state index in [1.807, 2.05) is 18.0 Å². The molecule has 0 aliphatic carbocycles. The highest BCUT2D eigenvalue weighted by Gasteiger charge is 2.03. The summed E-state index contributed by atoms with van der Waals surface area (Å²) in [6.07, 6.45) is 5.27. The van der Waals surface area contributed by atoms with Crippen LogP contribution in [-0.2, 0) is 11.3 Å². The van der Waals surface area contributed by atoms with Gasteiger partial charge in [-0.2, -0.15) is 5.10 Å². The number of allylic oxidation sites excluding steroid dienone is 2. The summed E-state index contributed by atoms with van der Waals surface area (Å²) in [5, 5.41) is 4.11. The highest BCUT2D eigenvalue weighted by Crippen LogP contribution is 2.06. The lowest BCUT2D eigenvalue weighted by Crippen LogP contribution is -2.27. The van der Waals surface area contributed by atoms with Crippen LogP contribution in [-0.4, -0.2) is 43.0 Å². The van der Waals surface area contributed by atoms with Crippen LogP contribution >= 0.6 is 11.6 Å². The van der Waals surface area contributed by atoms with Gasteiger partial charge in [-0.25, -0.2) is 4.68 Å². The molecule has 0 amide bonds. The van der Waals surface area contributed by atoms with Gasteiger partial charge in [0, 0.05) is 32.6 Å². The van der Waals surface area contributed by atoms with Gasteiger partial charge in [-0.05, 0) is 0 Å². The van der Waals surface area contributed by atoms with Crippen LogP contribution in [0.5, 0.6) is 0 Å². The van der Waals surface area contributed by atoms with Crippen LogP contribution in [0, 0.1) is 0 Å². The molecule has 0 N–H and O–H groups in total. The van der Waals surface area contributed by atoms with Crippen molar-refractivity contribution in [3.63, 3.8) is 0 Å². The molecule has 1 rings (SSSR count). The van der Waals surface area contributed by atoms with E-state index < -0.39 is 0 Å². The van der Waals surface area contributed by atoms with Gasteiger partial charge in [0.15, 0.2) is 0 Å². The van der Waals surface area contributed by atoms with Gasteiger partial charge in [0.1, 0.15) is 0 Å². The Morgan fingerprint density at radius 3 is 2.94 bits per heavy atom. The first kappa shape index (κ1) is 14.7. The first-order valence-corrected chi connectivity index (χ1v) is 6.20. The summed E-state index contributed by atoms with van der Waals surface area (Å²) in [6, 6.07) is 1.57. The van der Waals surface area contributed by atoms with Gasteiger partial charge in [0.05, 0.1) is 25.0 Å². The summed E-state index contributed by atoms with van der Waals surface area (Å²) in [4.78, 5) is 13.7. The molecule has 0 bridgehead atoms. The molecule has 5 nitrogen and oxygen atoms in total.